The minimum atomic E-state index is -0.253. The van der Waals surface area contributed by atoms with E-state index in [9.17, 15) is 4.39 Å². The number of halogens is 2. The van der Waals surface area contributed by atoms with Gasteiger partial charge >= 0.3 is 0 Å². The van der Waals surface area contributed by atoms with E-state index in [0.29, 0.717) is 17.9 Å². The molecule has 0 atom stereocenters. The van der Waals surface area contributed by atoms with Gasteiger partial charge in [0.1, 0.15) is 18.2 Å². The molecule has 3 aromatic carbocycles. The Kier molecular flexibility index (Phi) is 5.56. The van der Waals surface area contributed by atoms with Crippen LogP contribution in [0.25, 0.3) is 0 Å². The van der Waals surface area contributed by atoms with Crippen LogP contribution in [0.1, 0.15) is 16.7 Å². The topological polar surface area (TPSA) is 21.3 Å². The maximum atomic E-state index is 13.6. The Morgan fingerprint density at radius 2 is 1.84 bits per heavy atom. The normalized spacial score (nSPS) is 10.5. The molecule has 0 fully saturated rings. The fourth-order valence-electron chi connectivity index (χ4n) is 2.43. The largest absolute Gasteiger partial charge is 0.489 e. The Balaban J connectivity index is 1.61. The lowest BCUT2D eigenvalue weighted by molar-refractivity contribution is 0.299. The van der Waals surface area contributed by atoms with Gasteiger partial charge in [0.15, 0.2) is 0 Å². The summed E-state index contributed by atoms with van der Waals surface area (Å²) in [4.78, 5) is 0. The minimum Gasteiger partial charge on any atom is -0.489 e. The molecule has 0 aliphatic carbocycles. The van der Waals surface area contributed by atoms with Crippen molar-refractivity contribution in [3.05, 3.63) is 94.3 Å². The molecular formula is C21H19ClFNO. The number of hydrogen-bond acceptors (Lipinski definition) is 2. The summed E-state index contributed by atoms with van der Waals surface area (Å²) in [5, 5.41) is 4.08. The second-order valence-corrected chi connectivity index (χ2v) is 6.25. The van der Waals surface area contributed by atoms with Crippen molar-refractivity contribution >= 4 is 17.3 Å². The van der Waals surface area contributed by atoms with Gasteiger partial charge in [-0.05, 0) is 48.4 Å². The predicted octanol–water partition coefficient (Wildman–Crippen LogP) is 5.98. The summed E-state index contributed by atoms with van der Waals surface area (Å²) >= 11 is 6.14. The molecule has 0 aromatic heterocycles. The molecule has 128 valence electrons. The van der Waals surface area contributed by atoms with Gasteiger partial charge in [-0.3, -0.25) is 0 Å². The first-order chi connectivity index (χ1) is 12.1. The zero-order valence-electron chi connectivity index (χ0n) is 13.9. The first kappa shape index (κ1) is 17.3. The van der Waals surface area contributed by atoms with Crippen molar-refractivity contribution in [1.29, 1.82) is 0 Å². The highest BCUT2D eigenvalue weighted by molar-refractivity contribution is 6.31. The smallest absolute Gasteiger partial charge is 0.129 e. The van der Waals surface area contributed by atoms with Crippen LogP contribution in [0.2, 0.25) is 5.02 Å². The molecule has 4 heteroatoms. The molecule has 0 aliphatic rings. The van der Waals surface area contributed by atoms with Crippen molar-refractivity contribution in [2.24, 2.45) is 0 Å². The second kappa shape index (κ2) is 8.04. The van der Waals surface area contributed by atoms with Crippen LogP contribution >= 0.6 is 11.6 Å². The van der Waals surface area contributed by atoms with Gasteiger partial charge < -0.3 is 10.1 Å². The number of nitrogens with one attached hydrogen (secondary N) is 1. The fraction of sp³-hybridized carbons (Fsp3) is 0.143. The summed E-state index contributed by atoms with van der Waals surface area (Å²) in [6.07, 6.45) is 0. The number of ether oxygens (including phenoxy) is 1. The van der Waals surface area contributed by atoms with E-state index >= 15 is 0 Å². The van der Waals surface area contributed by atoms with E-state index in [1.807, 2.05) is 49.4 Å². The Hall–Kier alpha value is -2.52. The van der Waals surface area contributed by atoms with Crippen molar-refractivity contribution in [3.8, 4) is 5.75 Å². The highest BCUT2D eigenvalue weighted by Crippen LogP contribution is 2.21. The molecule has 0 saturated carbocycles. The molecular weight excluding hydrogens is 337 g/mol. The number of anilines is 1. The van der Waals surface area contributed by atoms with Gasteiger partial charge in [-0.1, -0.05) is 48.0 Å². The highest BCUT2D eigenvalue weighted by Gasteiger charge is 2.03. The average molecular weight is 356 g/mol. The maximum absolute atomic E-state index is 13.6. The van der Waals surface area contributed by atoms with Crippen LogP contribution in [0, 0.1) is 12.7 Å². The fourth-order valence-corrected chi connectivity index (χ4v) is 2.61. The molecule has 0 spiro atoms. The van der Waals surface area contributed by atoms with Crippen LogP contribution < -0.4 is 10.1 Å². The van der Waals surface area contributed by atoms with Gasteiger partial charge in [-0.2, -0.15) is 0 Å². The first-order valence-corrected chi connectivity index (χ1v) is 8.45. The molecule has 0 aliphatic heterocycles. The zero-order chi connectivity index (χ0) is 17.6. The Bertz CT molecular complexity index is 866. The van der Waals surface area contributed by atoms with E-state index in [1.165, 1.54) is 6.07 Å². The third kappa shape index (κ3) is 4.74. The third-order valence-corrected chi connectivity index (χ3v) is 4.33. The zero-order valence-corrected chi connectivity index (χ0v) is 14.7. The van der Waals surface area contributed by atoms with Crippen LogP contribution in [0.5, 0.6) is 5.75 Å². The molecule has 0 saturated heterocycles. The lowest BCUT2D eigenvalue weighted by Crippen LogP contribution is -2.01. The Labute approximate surface area is 152 Å². The van der Waals surface area contributed by atoms with Gasteiger partial charge in [0, 0.05) is 22.8 Å². The quantitative estimate of drug-likeness (QED) is 0.587. The molecule has 0 bridgehead atoms. The van der Waals surface area contributed by atoms with Crippen molar-refractivity contribution < 1.29 is 9.13 Å². The van der Waals surface area contributed by atoms with Crippen LogP contribution in [0.15, 0.2) is 66.7 Å². The van der Waals surface area contributed by atoms with E-state index in [1.54, 1.807) is 18.2 Å². The van der Waals surface area contributed by atoms with Crippen LogP contribution in [0.4, 0.5) is 10.1 Å². The SMILES string of the molecule is Cc1ccc(NCc2cccc(OCc3ccccc3F)c2)cc1Cl. The minimum absolute atomic E-state index is 0.205. The number of hydrogen-bond donors (Lipinski definition) is 1. The molecule has 0 unspecified atom stereocenters. The molecule has 1 N–H and O–H groups in total. The van der Waals surface area contributed by atoms with Crippen molar-refractivity contribution in [1.82, 2.24) is 0 Å². The molecule has 0 amide bonds. The summed E-state index contributed by atoms with van der Waals surface area (Å²) in [6.45, 7) is 2.83. The first-order valence-electron chi connectivity index (χ1n) is 8.07. The van der Waals surface area contributed by atoms with Crippen molar-refractivity contribution in [2.75, 3.05) is 5.32 Å². The van der Waals surface area contributed by atoms with Gasteiger partial charge in [-0.15, -0.1) is 0 Å². The Morgan fingerprint density at radius 3 is 2.64 bits per heavy atom. The molecule has 3 rings (SSSR count). The summed E-state index contributed by atoms with van der Waals surface area (Å²) in [5.41, 5.74) is 3.63. The maximum Gasteiger partial charge on any atom is 0.129 e. The molecule has 2 nitrogen and oxygen atoms in total. The van der Waals surface area contributed by atoms with Crippen LogP contribution in [-0.4, -0.2) is 0 Å². The van der Waals surface area contributed by atoms with E-state index in [-0.39, 0.29) is 12.4 Å². The summed E-state index contributed by atoms with van der Waals surface area (Å²) < 4.78 is 19.4. The van der Waals surface area contributed by atoms with Crippen molar-refractivity contribution in [2.45, 2.75) is 20.1 Å². The van der Waals surface area contributed by atoms with E-state index < -0.39 is 0 Å². The van der Waals surface area contributed by atoms with Crippen molar-refractivity contribution in [3.63, 3.8) is 0 Å². The highest BCUT2D eigenvalue weighted by atomic mass is 35.5. The number of benzene rings is 3. The monoisotopic (exact) mass is 355 g/mol. The predicted molar refractivity (Wildman–Crippen MR) is 101 cm³/mol. The van der Waals surface area contributed by atoms with E-state index in [4.69, 9.17) is 16.3 Å². The van der Waals surface area contributed by atoms with E-state index in [2.05, 4.69) is 5.32 Å². The lowest BCUT2D eigenvalue weighted by Gasteiger charge is -2.11. The van der Waals surface area contributed by atoms with Gasteiger partial charge in [0.05, 0.1) is 0 Å². The lowest BCUT2D eigenvalue weighted by atomic mass is 10.2. The van der Waals surface area contributed by atoms with Crippen LogP contribution in [0.3, 0.4) is 0 Å². The second-order valence-electron chi connectivity index (χ2n) is 5.85. The summed E-state index contributed by atoms with van der Waals surface area (Å²) in [7, 11) is 0. The Morgan fingerprint density at radius 1 is 1.00 bits per heavy atom. The molecule has 25 heavy (non-hydrogen) atoms. The van der Waals surface area contributed by atoms with Gasteiger partial charge in [0.25, 0.3) is 0 Å². The number of aryl methyl sites for hydroxylation is 1. The van der Waals surface area contributed by atoms with Gasteiger partial charge in [0.2, 0.25) is 0 Å². The molecule has 0 heterocycles. The molecule has 0 radical (unpaired) electrons. The van der Waals surface area contributed by atoms with E-state index in [0.717, 1.165) is 21.8 Å². The number of rotatable bonds is 6. The summed E-state index contributed by atoms with van der Waals surface area (Å²) in [5.74, 6) is 0.459. The standard InChI is InChI=1S/C21H19ClFNO/c1-15-9-10-18(12-20(15)22)24-13-16-5-4-7-19(11-16)25-14-17-6-2-3-8-21(17)23/h2-12,24H,13-14H2,1H3. The van der Waals surface area contributed by atoms with Gasteiger partial charge in [-0.25, -0.2) is 4.39 Å². The summed E-state index contributed by atoms with van der Waals surface area (Å²) in [6, 6.07) is 20.3. The van der Waals surface area contributed by atoms with Crippen LogP contribution in [-0.2, 0) is 13.2 Å². The molecule has 3 aromatic rings. The third-order valence-electron chi connectivity index (χ3n) is 3.92. The average Bonchev–Trinajstić information content (AvgIpc) is 2.62.